The Hall–Kier alpha value is -3.26. The third-order valence-electron chi connectivity index (χ3n) is 6.78. The van der Waals surface area contributed by atoms with Gasteiger partial charge in [-0.15, -0.1) is 4.91 Å². The average molecular weight is 548 g/mol. The lowest BCUT2D eigenvalue weighted by Crippen LogP contribution is -2.62. The highest BCUT2D eigenvalue weighted by Gasteiger charge is 2.40. The first-order valence-electron chi connectivity index (χ1n) is 12.3. The van der Waals surface area contributed by atoms with Crippen molar-refractivity contribution in [3.05, 3.63) is 46.2 Å². The molecule has 12 nitrogen and oxygen atoms in total. The highest BCUT2D eigenvalue weighted by atomic mass is 35.5. The van der Waals surface area contributed by atoms with Gasteiger partial charge in [0.15, 0.2) is 0 Å². The van der Waals surface area contributed by atoms with E-state index in [9.17, 15) is 18.9 Å². The van der Waals surface area contributed by atoms with Crippen molar-refractivity contribution in [3.8, 4) is 11.3 Å². The molecule has 4 rings (SSSR count). The van der Waals surface area contributed by atoms with Gasteiger partial charge in [0.05, 0.1) is 45.9 Å². The van der Waals surface area contributed by atoms with Crippen LogP contribution in [0.2, 0.25) is 5.02 Å². The Labute approximate surface area is 224 Å². The maximum Gasteiger partial charge on any atom is 0.255 e. The first-order valence-corrected chi connectivity index (χ1v) is 12.7. The summed E-state index contributed by atoms with van der Waals surface area (Å²) in [6, 6.07) is 2.50. The van der Waals surface area contributed by atoms with Crippen LogP contribution in [0.4, 0.5) is 10.1 Å². The molecular formula is C24H31ClFN9O3. The predicted molar refractivity (Wildman–Crippen MR) is 141 cm³/mol. The van der Waals surface area contributed by atoms with E-state index in [-0.39, 0.29) is 24.0 Å². The zero-order valence-corrected chi connectivity index (χ0v) is 21.9. The summed E-state index contributed by atoms with van der Waals surface area (Å²) in [5, 5.41) is 9.72. The Bertz CT molecular complexity index is 1180. The molecule has 0 radical (unpaired) electrons. The fourth-order valence-electron chi connectivity index (χ4n) is 4.66. The first kappa shape index (κ1) is 27.8. The number of hydrogen-bond acceptors (Lipinski definition) is 9. The number of halogens is 2. The number of nitrogens with zero attached hydrogens (tertiary/aromatic N) is 6. The summed E-state index contributed by atoms with van der Waals surface area (Å²) in [6.45, 7) is 4.16. The number of carbonyl (C=O) groups is 2. The number of pyridine rings is 2. The van der Waals surface area contributed by atoms with Crippen molar-refractivity contribution in [2.75, 3.05) is 51.6 Å². The quantitative estimate of drug-likeness (QED) is 0.436. The number of amides is 2. The van der Waals surface area contributed by atoms with Crippen LogP contribution in [-0.2, 0) is 4.79 Å². The van der Waals surface area contributed by atoms with Gasteiger partial charge in [0.1, 0.15) is 12.3 Å². The largest absolute Gasteiger partial charge is 0.336 e. The third-order valence-corrected chi connectivity index (χ3v) is 7.07. The van der Waals surface area contributed by atoms with Gasteiger partial charge in [-0.25, -0.2) is 9.40 Å². The second-order valence-electron chi connectivity index (χ2n) is 9.60. The molecule has 2 aromatic rings. The van der Waals surface area contributed by atoms with Gasteiger partial charge in [-0.1, -0.05) is 11.6 Å². The lowest BCUT2D eigenvalue weighted by molar-refractivity contribution is -0.124. The number of likely N-dealkylation sites (N-methyl/N-ethyl adjacent to an activating group) is 1. The van der Waals surface area contributed by atoms with Crippen molar-refractivity contribution in [1.82, 2.24) is 30.1 Å². The van der Waals surface area contributed by atoms with Crippen molar-refractivity contribution >= 4 is 29.1 Å². The van der Waals surface area contributed by atoms with Gasteiger partial charge >= 0.3 is 0 Å². The van der Waals surface area contributed by atoms with Crippen LogP contribution in [0.1, 0.15) is 17.3 Å². The number of nitroso groups, excluding NO2 is 1. The smallest absolute Gasteiger partial charge is 0.255 e. The first-order chi connectivity index (χ1) is 18.2. The lowest BCUT2D eigenvalue weighted by Gasteiger charge is -2.39. The molecule has 4 unspecified atom stereocenters. The van der Waals surface area contributed by atoms with Crippen LogP contribution in [0, 0.1) is 10.8 Å². The van der Waals surface area contributed by atoms with E-state index >= 15 is 0 Å². The van der Waals surface area contributed by atoms with Crippen LogP contribution in [0.15, 0.2) is 36.0 Å². The number of nitrogens with one attached hydrogen (secondary N) is 2. The van der Waals surface area contributed by atoms with Gasteiger partial charge in [-0.05, 0) is 26.1 Å². The van der Waals surface area contributed by atoms with Crippen molar-refractivity contribution < 1.29 is 14.0 Å². The molecule has 0 spiro atoms. The SMILES string of the molecule is CC(N)C(C(=O)Nc1cnccc1-c1ncc(C(=O)N2CCN(C)CC2)cc1Cl)C1NCC(F)CN1N=O. The van der Waals surface area contributed by atoms with Gasteiger partial charge in [0.2, 0.25) is 5.91 Å². The molecule has 2 aliphatic rings. The maximum absolute atomic E-state index is 13.8. The second-order valence-corrected chi connectivity index (χ2v) is 10.0. The maximum atomic E-state index is 13.8. The van der Waals surface area contributed by atoms with Crippen LogP contribution in [0.25, 0.3) is 11.3 Å². The number of carbonyl (C=O) groups excluding carboxylic acids is 2. The normalized spacial score (nSPS) is 22.0. The lowest BCUT2D eigenvalue weighted by atomic mass is 9.95. The Morgan fingerprint density at radius 3 is 2.68 bits per heavy atom. The number of nitrogens with two attached hydrogens (primary N) is 1. The summed E-state index contributed by atoms with van der Waals surface area (Å²) in [7, 11) is 2.01. The minimum atomic E-state index is -1.30. The average Bonchev–Trinajstić information content (AvgIpc) is 2.90. The van der Waals surface area contributed by atoms with Gasteiger partial charge in [-0.3, -0.25) is 24.9 Å². The van der Waals surface area contributed by atoms with Crippen LogP contribution >= 0.6 is 11.6 Å². The summed E-state index contributed by atoms with van der Waals surface area (Å²) in [5.74, 6) is -1.61. The standard InChI is InChI=1S/C24H31ClFN9O3/c1-14(27)20(22-30-11-16(26)13-35(22)32-38)23(36)31-19-12-28-4-3-17(19)21-18(25)9-15(10-29-21)24(37)34-7-5-33(2)6-8-34/h3-4,9-10,12,14,16,20,22,30H,5-8,11,13,27H2,1-2H3,(H,31,36). The summed E-state index contributed by atoms with van der Waals surface area (Å²) in [6.07, 6.45) is 2.24. The van der Waals surface area contributed by atoms with Crippen molar-refractivity contribution in [1.29, 1.82) is 0 Å². The molecule has 2 amide bonds. The number of rotatable bonds is 7. The minimum Gasteiger partial charge on any atom is -0.336 e. The Kier molecular flexibility index (Phi) is 8.82. The molecule has 2 saturated heterocycles. The molecule has 0 aromatic carbocycles. The summed E-state index contributed by atoms with van der Waals surface area (Å²) in [5.41, 5.74) is 7.61. The van der Waals surface area contributed by atoms with E-state index in [0.29, 0.717) is 35.6 Å². The molecule has 2 aliphatic heterocycles. The molecular weight excluding hydrogens is 517 g/mol. The highest BCUT2D eigenvalue weighted by molar-refractivity contribution is 6.33. The predicted octanol–water partition coefficient (Wildman–Crippen LogP) is 1.34. The Morgan fingerprint density at radius 1 is 1.29 bits per heavy atom. The van der Waals surface area contributed by atoms with Crippen LogP contribution < -0.4 is 16.4 Å². The van der Waals surface area contributed by atoms with Crippen LogP contribution in [0.3, 0.4) is 0 Å². The minimum absolute atomic E-state index is 0.0376. The van der Waals surface area contributed by atoms with E-state index in [1.165, 1.54) is 18.6 Å². The van der Waals surface area contributed by atoms with E-state index in [0.717, 1.165) is 18.1 Å². The molecule has 38 heavy (non-hydrogen) atoms. The number of aromatic nitrogens is 2. The summed E-state index contributed by atoms with van der Waals surface area (Å²) >= 11 is 6.57. The van der Waals surface area contributed by atoms with E-state index in [4.69, 9.17) is 17.3 Å². The van der Waals surface area contributed by atoms with Crippen LogP contribution in [-0.4, -0.2) is 101 Å². The van der Waals surface area contributed by atoms with E-state index < -0.39 is 30.2 Å². The topological polar surface area (TPSA) is 149 Å². The van der Waals surface area contributed by atoms with E-state index in [1.54, 1.807) is 24.0 Å². The Balaban J connectivity index is 1.56. The number of hydrogen-bond donors (Lipinski definition) is 3. The zero-order valence-electron chi connectivity index (χ0n) is 21.2. The number of alkyl halides is 1. The van der Waals surface area contributed by atoms with E-state index in [2.05, 4.69) is 30.8 Å². The molecule has 2 fully saturated rings. The summed E-state index contributed by atoms with van der Waals surface area (Å²) < 4.78 is 13.8. The zero-order chi connectivity index (χ0) is 27.4. The molecule has 0 aliphatic carbocycles. The molecule has 4 N–H and O–H groups in total. The third kappa shape index (κ3) is 6.07. The molecule has 4 heterocycles. The van der Waals surface area contributed by atoms with Crippen LogP contribution in [0.5, 0.6) is 0 Å². The molecule has 204 valence electrons. The van der Waals surface area contributed by atoms with Gasteiger partial charge < -0.3 is 20.9 Å². The molecule has 0 saturated carbocycles. The van der Waals surface area contributed by atoms with E-state index in [1.807, 2.05) is 7.05 Å². The molecule has 2 aromatic heterocycles. The van der Waals surface area contributed by atoms with Gasteiger partial charge in [-0.2, -0.15) is 0 Å². The molecule has 0 bridgehead atoms. The van der Waals surface area contributed by atoms with Crippen molar-refractivity contribution in [3.63, 3.8) is 0 Å². The van der Waals surface area contributed by atoms with Crippen molar-refractivity contribution in [2.45, 2.75) is 25.3 Å². The fraction of sp³-hybridized carbons (Fsp3) is 0.500. The highest BCUT2D eigenvalue weighted by Crippen LogP contribution is 2.32. The summed E-state index contributed by atoms with van der Waals surface area (Å²) in [4.78, 5) is 50.1. The van der Waals surface area contributed by atoms with Gasteiger partial charge in [0, 0.05) is 56.7 Å². The number of piperazine rings is 1. The Morgan fingerprint density at radius 2 is 2.03 bits per heavy atom. The number of anilines is 1. The monoisotopic (exact) mass is 547 g/mol. The van der Waals surface area contributed by atoms with Gasteiger partial charge in [0.25, 0.3) is 5.91 Å². The van der Waals surface area contributed by atoms with Crippen molar-refractivity contribution in [2.24, 2.45) is 16.9 Å². The molecule has 4 atom stereocenters. The fourth-order valence-corrected chi connectivity index (χ4v) is 4.93. The molecule has 14 heteroatoms. The second kappa shape index (κ2) is 12.1.